The molecule has 2 rings (SSSR count). The lowest BCUT2D eigenvalue weighted by Crippen LogP contribution is -2.34. The van der Waals surface area contributed by atoms with Gasteiger partial charge in [-0.25, -0.2) is 0 Å². The van der Waals surface area contributed by atoms with Crippen LogP contribution >= 0.6 is 11.6 Å². The molecule has 2 atom stereocenters. The average Bonchev–Trinajstić information content (AvgIpc) is 2.49. The Balaban J connectivity index is 2.12. The summed E-state index contributed by atoms with van der Waals surface area (Å²) in [7, 11) is 0. The van der Waals surface area contributed by atoms with Gasteiger partial charge in [-0.2, -0.15) is 0 Å². The van der Waals surface area contributed by atoms with E-state index in [0.29, 0.717) is 5.02 Å². The van der Waals surface area contributed by atoms with Gasteiger partial charge in [0.2, 0.25) is 0 Å². The Labute approximate surface area is 131 Å². The Kier molecular flexibility index (Phi) is 6.03. The summed E-state index contributed by atoms with van der Waals surface area (Å²) < 4.78 is 6.03. The summed E-state index contributed by atoms with van der Waals surface area (Å²) in [6.45, 7) is 5.14. The van der Waals surface area contributed by atoms with Gasteiger partial charge >= 0.3 is 0 Å². The predicted octanol–water partition coefficient (Wildman–Crippen LogP) is 4.24. The highest BCUT2D eigenvalue weighted by molar-refractivity contribution is 6.30. The van der Waals surface area contributed by atoms with Crippen LogP contribution in [0.4, 0.5) is 0 Å². The fraction of sp³-hybridized carbons (Fsp3) is 0.353. The van der Waals surface area contributed by atoms with Gasteiger partial charge < -0.3 is 10.1 Å². The van der Waals surface area contributed by atoms with Crippen molar-refractivity contribution in [3.05, 3.63) is 59.4 Å². The number of halogens is 1. The average molecular weight is 305 g/mol. The van der Waals surface area contributed by atoms with Crippen molar-refractivity contribution in [2.75, 3.05) is 6.54 Å². The monoisotopic (exact) mass is 304 g/mol. The molecule has 0 radical (unpaired) electrons. The molecule has 0 aliphatic carbocycles. The Morgan fingerprint density at radius 2 is 2.14 bits per heavy atom. The summed E-state index contributed by atoms with van der Waals surface area (Å²) >= 11 is 6.00. The van der Waals surface area contributed by atoms with Crippen LogP contribution in [-0.4, -0.2) is 17.6 Å². The molecule has 112 valence electrons. The van der Waals surface area contributed by atoms with Crippen LogP contribution in [0.5, 0.6) is 5.75 Å². The van der Waals surface area contributed by atoms with Crippen molar-refractivity contribution in [1.29, 1.82) is 0 Å². The minimum absolute atomic E-state index is 0.0285. The summed E-state index contributed by atoms with van der Waals surface area (Å²) in [6.07, 6.45) is 4.70. The van der Waals surface area contributed by atoms with E-state index in [1.54, 1.807) is 6.20 Å². The number of nitrogens with zero attached hydrogens (tertiary/aromatic N) is 1. The van der Waals surface area contributed by atoms with Crippen LogP contribution in [0.3, 0.4) is 0 Å². The van der Waals surface area contributed by atoms with Gasteiger partial charge in [0.15, 0.2) is 0 Å². The van der Waals surface area contributed by atoms with E-state index < -0.39 is 0 Å². The Bertz CT molecular complexity index is 547. The van der Waals surface area contributed by atoms with Gasteiger partial charge in [0.05, 0.1) is 6.04 Å². The largest absolute Gasteiger partial charge is 0.489 e. The summed E-state index contributed by atoms with van der Waals surface area (Å²) in [5.41, 5.74) is 1.13. The van der Waals surface area contributed by atoms with Crippen LogP contribution in [0.15, 0.2) is 48.8 Å². The molecule has 0 fully saturated rings. The smallest absolute Gasteiger partial charge is 0.121 e. The first-order valence-corrected chi connectivity index (χ1v) is 7.64. The van der Waals surface area contributed by atoms with Gasteiger partial charge in [-0.15, -0.1) is 0 Å². The maximum atomic E-state index is 6.03. The predicted molar refractivity (Wildman–Crippen MR) is 86.8 cm³/mol. The lowest BCUT2D eigenvalue weighted by molar-refractivity contribution is 0.170. The number of benzene rings is 1. The zero-order chi connectivity index (χ0) is 15.1. The van der Waals surface area contributed by atoms with Crippen molar-refractivity contribution in [2.24, 2.45) is 0 Å². The molecule has 0 aliphatic rings. The van der Waals surface area contributed by atoms with Gasteiger partial charge in [-0.3, -0.25) is 4.98 Å². The molecular weight excluding hydrogens is 284 g/mol. The normalized spacial score (nSPS) is 13.7. The Morgan fingerprint density at radius 1 is 1.29 bits per heavy atom. The molecular formula is C17H21ClN2O. The first kappa shape index (κ1) is 15.8. The number of aromatic nitrogens is 1. The van der Waals surface area contributed by atoms with Crippen LogP contribution in [0.2, 0.25) is 5.02 Å². The highest BCUT2D eigenvalue weighted by Gasteiger charge is 2.20. The third kappa shape index (κ3) is 4.73. The summed E-state index contributed by atoms with van der Waals surface area (Å²) in [5.74, 6) is 0.780. The summed E-state index contributed by atoms with van der Waals surface area (Å²) in [6, 6.07) is 11.6. The standard InChI is InChI=1S/C17H21ClN2O/c1-3-9-20-17(14-6-5-10-19-12-14)13(2)21-16-8-4-7-15(18)11-16/h4-8,10-13,17,20H,3,9H2,1-2H3. The van der Waals surface area contributed by atoms with Crippen LogP contribution in [0.25, 0.3) is 0 Å². The number of rotatable bonds is 7. The SMILES string of the molecule is CCCNC(c1cccnc1)C(C)Oc1cccc(Cl)c1. The highest BCUT2D eigenvalue weighted by Crippen LogP contribution is 2.23. The van der Waals surface area contributed by atoms with Crippen molar-refractivity contribution in [3.8, 4) is 5.75 Å². The molecule has 2 unspecified atom stereocenters. The van der Waals surface area contributed by atoms with Crippen molar-refractivity contribution in [2.45, 2.75) is 32.4 Å². The molecule has 3 nitrogen and oxygen atoms in total. The van der Waals surface area contributed by atoms with E-state index in [1.807, 2.05) is 36.5 Å². The molecule has 0 bridgehead atoms. The van der Waals surface area contributed by atoms with Gasteiger partial charge in [0, 0.05) is 17.4 Å². The topological polar surface area (TPSA) is 34.2 Å². The first-order valence-electron chi connectivity index (χ1n) is 7.26. The number of pyridine rings is 1. The maximum absolute atomic E-state index is 6.03. The van der Waals surface area contributed by atoms with E-state index in [4.69, 9.17) is 16.3 Å². The van der Waals surface area contributed by atoms with Gasteiger partial charge in [0.1, 0.15) is 11.9 Å². The van der Waals surface area contributed by atoms with E-state index in [2.05, 4.69) is 30.2 Å². The van der Waals surface area contributed by atoms with Crippen molar-refractivity contribution in [3.63, 3.8) is 0 Å². The second-order valence-corrected chi connectivity index (χ2v) is 5.43. The fourth-order valence-electron chi connectivity index (χ4n) is 2.24. The Morgan fingerprint density at radius 3 is 2.81 bits per heavy atom. The van der Waals surface area contributed by atoms with E-state index in [9.17, 15) is 0 Å². The third-order valence-corrected chi connectivity index (χ3v) is 3.48. The minimum atomic E-state index is -0.0285. The molecule has 1 heterocycles. The third-order valence-electron chi connectivity index (χ3n) is 3.25. The summed E-state index contributed by atoms with van der Waals surface area (Å²) in [5, 5.41) is 4.20. The van der Waals surface area contributed by atoms with Crippen LogP contribution in [0.1, 0.15) is 31.9 Å². The van der Waals surface area contributed by atoms with Gasteiger partial charge in [-0.05, 0) is 49.7 Å². The highest BCUT2D eigenvalue weighted by atomic mass is 35.5. The zero-order valence-electron chi connectivity index (χ0n) is 12.4. The molecule has 0 aliphatic heterocycles. The minimum Gasteiger partial charge on any atom is -0.489 e. The van der Waals surface area contributed by atoms with E-state index in [1.165, 1.54) is 0 Å². The lowest BCUT2D eigenvalue weighted by Gasteiger charge is -2.26. The quantitative estimate of drug-likeness (QED) is 0.830. The molecule has 2 aromatic rings. The molecule has 1 N–H and O–H groups in total. The molecule has 0 saturated carbocycles. The molecule has 1 aromatic carbocycles. The Hall–Kier alpha value is -1.58. The molecule has 0 saturated heterocycles. The van der Waals surface area contributed by atoms with E-state index in [-0.39, 0.29) is 12.1 Å². The first-order chi connectivity index (χ1) is 10.2. The number of ether oxygens (including phenoxy) is 1. The molecule has 0 spiro atoms. The van der Waals surface area contributed by atoms with Crippen LogP contribution < -0.4 is 10.1 Å². The molecule has 1 aromatic heterocycles. The molecule has 0 amide bonds. The molecule has 4 heteroatoms. The molecule has 21 heavy (non-hydrogen) atoms. The van der Waals surface area contributed by atoms with Crippen molar-refractivity contribution >= 4 is 11.6 Å². The van der Waals surface area contributed by atoms with Crippen molar-refractivity contribution < 1.29 is 4.74 Å². The van der Waals surface area contributed by atoms with E-state index in [0.717, 1.165) is 24.3 Å². The summed E-state index contributed by atoms with van der Waals surface area (Å²) in [4.78, 5) is 4.20. The second kappa shape index (κ2) is 8.01. The number of hydrogen-bond acceptors (Lipinski definition) is 3. The van der Waals surface area contributed by atoms with Gasteiger partial charge in [-0.1, -0.05) is 30.7 Å². The van der Waals surface area contributed by atoms with Crippen LogP contribution in [-0.2, 0) is 0 Å². The zero-order valence-corrected chi connectivity index (χ0v) is 13.2. The number of hydrogen-bond donors (Lipinski definition) is 1. The maximum Gasteiger partial charge on any atom is 0.121 e. The van der Waals surface area contributed by atoms with Gasteiger partial charge in [0.25, 0.3) is 0 Å². The lowest BCUT2D eigenvalue weighted by atomic mass is 10.0. The fourth-order valence-corrected chi connectivity index (χ4v) is 2.42. The van der Waals surface area contributed by atoms with Crippen molar-refractivity contribution in [1.82, 2.24) is 10.3 Å². The van der Waals surface area contributed by atoms with E-state index >= 15 is 0 Å². The van der Waals surface area contributed by atoms with Crippen LogP contribution in [0, 0.1) is 0 Å². The second-order valence-electron chi connectivity index (χ2n) is 5.00. The number of nitrogens with one attached hydrogen (secondary N) is 1.